The van der Waals surface area contributed by atoms with Crippen LogP contribution in [-0.4, -0.2) is 282 Å². The Kier molecular flexibility index (Phi) is 105. The molecule has 6 fully saturated rings. The van der Waals surface area contributed by atoms with Crippen molar-refractivity contribution in [3.63, 3.8) is 0 Å². The molecule has 112 heavy (non-hydrogen) atoms. The molecule has 0 spiro atoms. The van der Waals surface area contributed by atoms with Gasteiger partial charge in [-0.2, -0.15) is 105 Å². The molecular formula is C40H68F24O36S8Sm4. The first-order valence-electron chi connectivity index (χ1n) is 26.4. The molecule has 0 atom stereocenters. The SMILES string of the molecule is C1CCOC1.C1CCOC1.C1CCOC1.C1CCOC1.C1CCOC1.C1CCOC1.COCCOC.COCCOC.O=S(=O)([O-])C(F)(F)F.O=S(=O)([O-])C(F)(F)F.O=S(=O)([O-])C(F)(F)F.O=S(=O)([O-])C(F)(F)F.O=S(=O)([O-])C(F)(F)F.O=S(=O)([O-])C(F)(F)F.O=S(=O)([O-])C(F)(F)F.O=S(=O)([O-])C(F)(F)F.[O-2].[O-2].[Sm+3].[Sm+3].[Sm+3].[Sm+3]. The summed E-state index contributed by atoms with van der Waals surface area (Å²) in [5.41, 5.74) is -45.2. The van der Waals surface area contributed by atoms with Gasteiger partial charge in [0.2, 0.25) is 0 Å². The van der Waals surface area contributed by atoms with E-state index in [2.05, 4.69) is 18.9 Å². The Bertz CT molecular complexity index is 2440. The smallest absolute Gasteiger partial charge is 2.00 e. The summed E-state index contributed by atoms with van der Waals surface area (Å²) >= 11 is 0. The van der Waals surface area contributed by atoms with Crippen LogP contribution < -0.4 is 0 Å². The van der Waals surface area contributed by atoms with Gasteiger partial charge in [0.25, 0.3) is 0 Å². The fraction of sp³-hybridized carbons (Fsp3) is 1.00. The first-order valence-corrected chi connectivity index (χ1v) is 37.7. The van der Waals surface area contributed by atoms with Crippen LogP contribution in [0.3, 0.4) is 0 Å². The van der Waals surface area contributed by atoms with E-state index in [0.29, 0.717) is 26.4 Å². The molecule has 0 aliphatic carbocycles. The van der Waals surface area contributed by atoms with Gasteiger partial charge in [-0.3, -0.25) is 0 Å². The molecule has 0 aromatic heterocycles. The summed E-state index contributed by atoms with van der Waals surface area (Å²) in [5, 5.41) is 0. The summed E-state index contributed by atoms with van der Waals surface area (Å²) in [6, 6.07) is 0. The van der Waals surface area contributed by atoms with Crippen molar-refractivity contribution in [1.82, 2.24) is 0 Å². The van der Waals surface area contributed by atoms with Crippen molar-refractivity contribution >= 4 is 80.9 Å². The standard InChI is InChI=1S/2C4H10O2.6C4H8O.8CHF3O3S.2O.4Sm/c2*1-5-3-4-6-2;6*1-2-4-5-3-1;8*2-1(3,4)8(5,6)7;;;;;;/h2*3-4H2,1-2H3;6*1-4H2;8*(H,5,6,7);;;;;;/q;;;;;;;;;;;;;;;;2*-2;4*+3/p-8. The van der Waals surface area contributed by atoms with Gasteiger partial charge < -0.3 is 94.7 Å². The van der Waals surface area contributed by atoms with E-state index in [1.165, 1.54) is 77.0 Å². The van der Waals surface area contributed by atoms with E-state index in [1.807, 2.05) is 0 Å². The number of rotatable bonds is 6. The Morgan fingerprint density at radius 2 is 0.259 bits per heavy atom. The summed E-state index contributed by atoms with van der Waals surface area (Å²) in [6.45, 7) is 14.8. The molecule has 6 saturated heterocycles. The average Bonchev–Trinajstić information content (AvgIpc) is 1.07. The van der Waals surface area contributed by atoms with Gasteiger partial charge >= 0.3 is 206 Å². The van der Waals surface area contributed by atoms with Crippen LogP contribution in [0.2, 0.25) is 0 Å². The molecule has 0 unspecified atom stereocenters. The molecule has 684 valence electrons. The molecule has 0 N–H and O–H groups in total. The van der Waals surface area contributed by atoms with Crippen molar-refractivity contribution in [3.8, 4) is 0 Å². The second-order valence-corrected chi connectivity index (χ2v) is 28.1. The van der Waals surface area contributed by atoms with Crippen molar-refractivity contribution in [3.05, 3.63) is 0 Å². The average molecular weight is 2440 g/mol. The normalized spacial score (nSPS) is 15.4. The summed E-state index contributed by atoms with van der Waals surface area (Å²) in [6.07, 6.45) is 15.3. The van der Waals surface area contributed by atoms with Crippen LogP contribution >= 0.6 is 0 Å². The molecule has 0 bridgehead atoms. The van der Waals surface area contributed by atoms with Crippen molar-refractivity contribution in [2.24, 2.45) is 0 Å². The molecule has 4 radical (unpaired) electrons. The van der Waals surface area contributed by atoms with E-state index in [-0.39, 0.29) is 173 Å². The van der Waals surface area contributed by atoms with Crippen LogP contribution in [0.4, 0.5) is 105 Å². The molecule has 6 aliphatic heterocycles. The van der Waals surface area contributed by atoms with E-state index in [0.717, 1.165) is 79.3 Å². The fourth-order valence-corrected chi connectivity index (χ4v) is 3.40. The molecule has 72 heteroatoms. The Morgan fingerprint density at radius 3 is 0.277 bits per heavy atom. The van der Waals surface area contributed by atoms with Crippen LogP contribution in [0.1, 0.15) is 77.0 Å². The second-order valence-electron chi connectivity index (χ2n) is 17.1. The first kappa shape index (κ1) is 152. The molecule has 6 rings (SSSR count). The maximum absolute atomic E-state index is 10.7. The minimum absolute atomic E-state index is 0. The molecule has 6 heterocycles. The zero-order chi connectivity index (χ0) is 86.9. The topological polar surface area (TPSA) is 607 Å². The van der Waals surface area contributed by atoms with Crippen LogP contribution in [0.15, 0.2) is 0 Å². The number of methoxy groups -OCH3 is 4. The van der Waals surface area contributed by atoms with Crippen LogP contribution in [-0.2, 0) is 139 Å². The number of hydrogen-bond acceptors (Lipinski definition) is 34. The van der Waals surface area contributed by atoms with E-state index >= 15 is 0 Å². The predicted octanol–water partition coefficient (Wildman–Crippen LogP) is 5.51. The van der Waals surface area contributed by atoms with Crippen molar-refractivity contribution in [1.29, 1.82) is 0 Å². The first-order chi connectivity index (χ1) is 46.8. The van der Waals surface area contributed by atoms with Crippen LogP contribution in [0.5, 0.6) is 0 Å². The fourth-order valence-electron chi connectivity index (χ4n) is 3.40. The van der Waals surface area contributed by atoms with E-state index in [9.17, 15) is 105 Å². The summed E-state index contributed by atoms with van der Waals surface area (Å²) in [5.74, 6) is 0. The number of halogens is 24. The van der Waals surface area contributed by atoms with E-state index < -0.39 is 125 Å². The molecule has 0 amide bonds. The van der Waals surface area contributed by atoms with Crippen LogP contribution in [0, 0.1) is 162 Å². The molecule has 6 aliphatic rings. The minimum atomic E-state index is -6.09. The summed E-state index contributed by atoms with van der Waals surface area (Å²) < 4.78 is 520. The minimum Gasteiger partial charge on any atom is -2.00 e. The molecule has 0 saturated carbocycles. The molecule has 36 nitrogen and oxygen atoms in total. The van der Waals surface area contributed by atoms with Gasteiger partial charge in [-0.25, -0.2) is 67.3 Å². The largest absolute Gasteiger partial charge is 3.00 e. The van der Waals surface area contributed by atoms with Gasteiger partial charge in [-0.1, -0.05) is 0 Å². The summed E-state index contributed by atoms with van der Waals surface area (Å²) in [4.78, 5) is 0. The van der Waals surface area contributed by atoms with E-state index in [1.54, 1.807) is 28.4 Å². The van der Waals surface area contributed by atoms with Gasteiger partial charge in [0.1, 0.15) is 0 Å². The van der Waals surface area contributed by atoms with Gasteiger partial charge in [-0.05, 0) is 77.0 Å². The zero-order valence-corrected chi connectivity index (χ0v) is 73.5. The monoisotopic (exact) mass is 2440 g/mol. The van der Waals surface area contributed by atoms with Gasteiger partial charge in [-0.15, -0.1) is 0 Å². The van der Waals surface area contributed by atoms with Gasteiger partial charge in [0, 0.05) is 108 Å². The number of alkyl halides is 24. The Labute approximate surface area is 756 Å². The Morgan fingerprint density at radius 1 is 0.205 bits per heavy atom. The maximum Gasteiger partial charge on any atom is 3.00 e. The Balaban J connectivity index is -0.0000000626. The third kappa shape index (κ3) is 115. The maximum atomic E-state index is 10.7. The van der Waals surface area contributed by atoms with Gasteiger partial charge in [0.05, 0.1) is 26.4 Å². The van der Waals surface area contributed by atoms with Gasteiger partial charge in [0.15, 0.2) is 80.9 Å². The van der Waals surface area contributed by atoms with Crippen molar-refractivity contribution in [2.75, 3.05) is 134 Å². The number of hydrogen-bond donors (Lipinski definition) is 0. The van der Waals surface area contributed by atoms with Crippen molar-refractivity contribution < 1.29 is 429 Å². The quantitative estimate of drug-likeness (QED) is 0.137. The second kappa shape index (κ2) is 77.1. The third-order valence-corrected chi connectivity index (χ3v) is 12.8. The third-order valence-electron chi connectivity index (χ3n) is 8.22. The van der Waals surface area contributed by atoms with Crippen molar-refractivity contribution in [2.45, 2.75) is 121 Å². The summed E-state index contributed by atoms with van der Waals surface area (Å²) in [7, 11) is -42.1. The molecule has 0 aromatic rings. The Hall–Kier alpha value is 2.47. The molecule has 0 aromatic carbocycles. The van der Waals surface area contributed by atoms with Crippen LogP contribution in [0.25, 0.3) is 0 Å². The predicted molar refractivity (Wildman–Crippen MR) is 295 cm³/mol. The number of ether oxygens (including phenoxy) is 10. The zero-order valence-electron chi connectivity index (χ0n) is 56.5. The van der Waals surface area contributed by atoms with E-state index in [4.69, 9.17) is 132 Å². The molecular weight excluding hydrogens is 2370 g/mol.